The Bertz CT molecular complexity index is 144. The van der Waals surface area contributed by atoms with Crippen LogP contribution in [-0.2, 0) is 4.74 Å². The number of aliphatic hydroxyl groups excluding tert-OH is 1. The Hall–Kier alpha value is -0.120. The maximum Gasteiger partial charge on any atom is 0.104 e. The average Bonchev–Trinajstić information content (AvgIpc) is 2.29. The molecule has 1 N–H and O–H groups in total. The molecule has 11 heavy (non-hydrogen) atoms. The Morgan fingerprint density at radius 1 is 1.55 bits per heavy atom. The van der Waals surface area contributed by atoms with E-state index >= 15 is 0 Å². The largest absolute Gasteiger partial charge is 0.381 e. The van der Waals surface area contributed by atoms with E-state index < -0.39 is 0 Å². The van der Waals surface area contributed by atoms with Gasteiger partial charge in [-0.15, -0.1) is 0 Å². The number of aliphatic hydroxyl groups is 1. The summed E-state index contributed by atoms with van der Waals surface area (Å²) in [7, 11) is 0. The molecule has 1 unspecified atom stereocenters. The van der Waals surface area contributed by atoms with Crippen LogP contribution in [0.1, 0.15) is 13.3 Å². The van der Waals surface area contributed by atoms with Gasteiger partial charge in [0.15, 0.2) is 0 Å². The highest BCUT2D eigenvalue weighted by atomic mass is 16.5. The molecule has 0 bridgehead atoms. The van der Waals surface area contributed by atoms with Crippen molar-refractivity contribution in [1.29, 1.82) is 0 Å². The van der Waals surface area contributed by atoms with Crippen LogP contribution >= 0.6 is 0 Å². The highest BCUT2D eigenvalue weighted by molar-refractivity contribution is 4.97. The summed E-state index contributed by atoms with van der Waals surface area (Å²) in [6.07, 6.45) is 0.900. The van der Waals surface area contributed by atoms with Gasteiger partial charge >= 0.3 is 0 Å². The third-order valence-electron chi connectivity index (χ3n) is 2.79. The van der Waals surface area contributed by atoms with Crippen molar-refractivity contribution in [3.63, 3.8) is 0 Å². The molecule has 2 aliphatic rings. The fourth-order valence-electron chi connectivity index (χ4n) is 1.98. The molecule has 64 valence electrons. The van der Waals surface area contributed by atoms with Crippen LogP contribution in [0.25, 0.3) is 0 Å². The summed E-state index contributed by atoms with van der Waals surface area (Å²) in [6.45, 7) is 5.67. The summed E-state index contributed by atoms with van der Waals surface area (Å²) < 4.78 is 5.32. The first-order valence-corrected chi connectivity index (χ1v) is 4.22. The fraction of sp³-hybridized carbons (Fsp3) is 1.00. The van der Waals surface area contributed by atoms with Crippen LogP contribution in [0.4, 0.5) is 0 Å². The van der Waals surface area contributed by atoms with E-state index in [1.54, 1.807) is 0 Å². The molecule has 2 fully saturated rings. The van der Waals surface area contributed by atoms with Crippen molar-refractivity contribution in [2.45, 2.75) is 19.6 Å². The van der Waals surface area contributed by atoms with Crippen LogP contribution in [0.5, 0.6) is 0 Å². The van der Waals surface area contributed by atoms with Gasteiger partial charge in [0.2, 0.25) is 0 Å². The van der Waals surface area contributed by atoms with Crippen molar-refractivity contribution in [1.82, 2.24) is 4.90 Å². The van der Waals surface area contributed by atoms with Gasteiger partial charge < -0.3 is 9.84 Å². The lowest BCUT2D eigenvalue weighted by molar-refractivity contribution is -0.102. The number of ether oxygens (including phenoxy) is 1. The van der Waals surface area contributed by atoms with Gasteiger partial charge in [-0.05, 0) is 13.3 Å². The molecule has 2 saturated heterocycles. The first kappa shape index (κ1) is 7.53. The summed E-state index contributed by atoms with van der Waals surface area (Å²) >= 11 is 0. The number of rotatable bonds is 1. The molecule has 1 atom stereocenters. The lowest BCUT2D eigenvalue weighted by atomic mass is 9.79. The molecule has 0 aromatic heterocycles. The molecule has 0 radical (unpaired) electrons. The average molecular weight is 157 g/mol. The van der Waals surface area contributed by atoms with E-state index in [2.05, 4.69) is 4.90 Å². The quantitative estimate of drug-likeness (QED) is 0.583. The van der Waals surface area contributed by atoms with Crippen LogP contribution in [0.2, 0.25) is 0 Å². The highest BCUT2D eigenvalue weighted by Crippen LogP contribution is 2.38. The molecular weight excluding hydrogens is 142 g/mol. The molecule has 3 nitrogen and oxygen atoms in total. The predicted molar refractivity (Wildman–Crippen MR) is 41.1 cm³/mol. The number of hydrogen-bond acceptors (Lipinski definition) is 3. The highest BCUT2D eigenvalue weighted by Gasteiger charge is 2.46. The van der Waals surface area contributed by atoms with Gasteiger partial charge in [0.1, 0.15) is 6.23 Å². The second-order valence-corrected chi connectivity index (χ2v) is 3.84. The lowest BCUT2D eigenvalue weighted by Crippen LogP contribution is -2.59. The second-order valence-electron chi connectivity index (χ2n) is 3.84. The van der Waals surface area contributed by atoms with Crippen LogP contribution in [-0.4, -0.2) is 42.5 Å². The monoisotopic (exact) mass is 157 g/mol. The topological polar surface area (TPSA) is 32.7 Å². The van der Waals surface area contributed by atoms with Gasteiger partial charge in [-0.2, -0.15) is 0 Å². The summed E-state index contributed by atoms with van der Waals surface area (Å²) in [5.41, 5.74) is 0.414. The Morgan fingerprint density at radius 3 is 2.73 bits per heavy atom. The van der Waals surface area contributed by atoms with Gasteiger partial charge in [0.25, 0.3) is 0 Å². The SMILES string of the molecule is CC(O)N1CC2(CCOC2)C1. The van der Waals surface area contributed by atoms with Crippen LogP contribution in [0, 0.1) is 5.41 Å². The molecule has 0 aliphatic carbocycles. The summed E-state index contributed by atoms with van der Waals surface area (Å²) in [5.74, 6) is 0. The molecule has 2 aliphatic heterocycles. The number of likely N-dealkylation sites (tertiary alicyclic amines) is 1. The van der Waals surface area contributed by atoms with Crippen molar-refractivity contribution in [3.05, 3.63) is 0 Å². The van der Waals surface area contributed by atoms with Crippen molar-refractivity contribution in [3.8, 4) is 0 Å². The van der Waals surface area contributed by atoms with E-state index in [1.165, 1.54) is 6.42 Å². The second kappa shape index (κ2) is 2.44. The molecule has 3 heteroatoms. The van der Waals surface area contributed by atoms with E-state index in [1.807, 2.05) is 6.92 Å². The Morgan fingerprint density at radius 2 is 2.27 bits per heavy atom. The fourth-order valence-corrected chi connectivity index (χ4v) is 1.98. The predicted octanol–water partition coefficient (Wildman–Crippen LogP) is 0.0470. The molecule has 0 aromatic rings. The van der Waals surface area contributed by atoms with E-state index in [4.69, 9.17) is 4.74 Å². The number of nitrogens with zero attached hydrogens (tertiary/aromatic N) is 1. The van der Waals surface area contributed by atoms with Crippen molar-refractivity contribution in [2.24, 2.45) is 5.41 Å². The Balaban J connectivity index is 1.86. The summed E-state index contributed by atoms with van der Waals surface area (Å²) in [4.78, 5) is 2.08. The van der Waals surface area contributed by atoms with E-state index in [0.717, 1.165) is 26.3 Å². The van der Waals surface area contributed by atoms with Gasteiger partial charge in [0, 0.05) is 25.1 Å². The van der Waals surface area contributed by atoms with Crippen molar-refractivity contribution >= 4 is 0 Å². The molecule has 0 saturated carbocycles. The molecule has 1 spiro atoms. The first-order valence-electron chi connectivity index (χ1n) is 4.22. The van der Waals surface area contributed by atoms with Gasteiger partial charge in [-0.25, -0.2) is 0 Å². The maximum atomic E-state index is 9.20. The van der Waals surface area contributed by atoms with E-state index in [0.29, 0.717) is 5.41 Å². The van der Waals surface area contributed by atoms with Crippen molar-refractivity contribution in [2.75, 3.05) is 26.3 Å². The lowest BCUT2D eigenvalue weighted by Gasteiger charge is -2.48. The minimum absolute atomic E-state index is 0.277. The Labute approximate surface area is 66.9 Å². The minimum Gasteiger partial charge on any atom is -0.381 e. The van der Waals surface area contributed by atoms with Crippen LogP contribution < -0.4 is 0 Å². The van der Waals surface area contributed by atoms with Gasteiger partial charge in [-0.1, -0.05) is 0 Å². The molecule has 0 amide bonds. The third kappa shape index (κ3) is 1.17. The first-order chi connectivity index (χ1) is 5.22. The zero-order valence-electron chi connectivity index (χ0n) is 6.92. The summed E-state index contributed by atoms with van der Waals surface area (Å²) in [6, 6.07) is 0. The maximum absolute atomic E-state index is 9.20. The third-order valence-corrected chi connectivity index (χ3v) is 2.79. The number of hydrogen-bond donors (Lipinski definition) is 1. The molecule has 0 aromatic carbocycles. The van der Waals surface area contributed by atoms with E-state index in [-0.39, 0.29) is 6.23 Å². The Kier molecular flexibility index (Phi) is 1.67. The van der Waals surface area contributed by atoms with Crippen LogP contribution in [0.15, 0.2) is 0 Å². The zero-order valence-corrected chi connectivity index (χ0v) is 6.92. The molecular formula is C8H15NO2. The minimum atomic E-state index is -0.277. The standard InChI is InChI=1S/C8H15NO2/c1-7(10)9-4-8(5-9)2-3-11-6-8/h7,10H,2-6H2,1H3. The van der Waals surface area contributed by atoms with E-state index in [9.17, 15) is 5.11 Å². The van der Waals surface area contributed by atoms with Gasteiger partial charge in [-0.3, -0.25) is 4.90 Å². The normalized spacial score (nSPS) is 32.2. The van der Waals surface area contributed by atoms with Gasteiger partial charge in [0.05, 0.1) is 6.61 Å². The molecule has 2 heterocycles. The summed E-state index contributed by atoms with van der Waals surface area (Å²) in [5, 5.41) is 9.20. The van der Waals surface area contributed by atoms with Crippen LogP contribution in [0.3, 0.4) is 0 Å². The zero-order chi connectivity index (χ0) is 7.90. The smallest absolute Gasteiger partial charge is 0.104 e. The van der Waals surface area contributed by atoms with Crippen molar-refractivity contribution < 1.29 is 9.84 Å². The molecule has 2 rings (SSSR count).